The van der Waals surface area contributed by atoms with Crippen LogP contribution in [0.15, 0.2) is 50.5 Å². The number of carbonyl (C=O) groups excluding carboxylic acids is 2. The van der Waals surface area contributed by atoms with Crippen LogP contribution in [0.1, 0.15) is 30.3 Å². The molecule has 12 heteroatoms. The van der Waals surface area contributed by atoms with Gasteiger partial charge in [-0.2, -0.15) is 5.10 Å². The van der Waals surface area contributed by atoms with E-state index in [-0.39, 0.29) is 12.2 Å². The van der Waals surface area contributed by atoms with Crippen LogP contribution in [0.5, 0.6) is 11.5 Å². The topological polar surface area (TPSA) is 131 Å². The summed E-state index contributed by atoms with van der Waals surface area (Å²) in [6, 6.07) is 5.78. The van der Waals surface area contributed by atoms with Crippen LogP contribution in [0, 0.1) is 0 Å². The lowest BCUT2D eigenvalue weighted by molar-refractivity contribution is -0.136. The summed E-state index contributed by atoms with van der Waals surface area (Å²) < 4.78 is 17.2. The first-order valence-corrected chi connectivity index (χ1v) is 12.0. The van der Waals surface area contributed by atoms with Gasteiger partial charge in [0.15, 0.2) is 17.7 Å². The molecule has 1 aliphatic heterocycles. The van der Waals surface area contributed by atoms with Crippen LogP contribution in [-0.2, 0) is 9.53 Å². The molecule has 0 unspecified atom stereocenters. The number of hydrogen-bond donors (Lipinski definition) is 4. The number of esters is 1. The standard InChI is InChI=1S/C22H25BrN4O6S/c1-4-32-16-9-13(20-19(21(29)31-3)12(2)25-22(30)26-20)5-6-15(16)33-11-18(28)27-24-10-17-14(23)7-8-34-17/h5-10,18,20,27-28H,4,11H2,1-3H3,(H2,25,26,30)/b24-10-/t18-,20+/m0/s1. The Kier molecular flexibility index (Phi) is 8.91. The van der Waals surface area contributed by atoms with Gasteiger partial charge in [-0.3, -0.25) is 5.43 Å². The Labute approximate surface area is 209 Å². The minimum atomic E-state index is -1.07. The molecule has 0 saturated heterocycles. The molecule has 2 atom stereocenters. The maximum absolute atomic E-state index is 12.3. The van der Waals surface area contributed by atoms with E-state index in [1.165, 1.54) is 18.4 Å². The molecule has 1 aromatic heterocycles. The number of methoxy groups -OCH3 is 1. The molecule has 0 fully saturated rings. The Morgan fingerprint density at radius 2 is 2.15 bits per heavy atom. The van der Waals surface area contributed by atoms with Crippen LogP contribution in [0.3, 0.4) is 0 Å². The lowest BCUT2D eigenvalue weighted by Gasteiger charge is -2.28. The molecule has 1 aromatic carbocycles. The van der Waals surface area contributed by atoms with Gasteiger partial charge in [-0.15, -0.1) is 11.3 Å². The van der Waals surface area contributed by atoms with Crippen LogP contribution in [0.4, 0.5) is 4.79 Å². The summed E-state index contributed by atoms with van der Waals surface area (Å²) in [5, 5.41) is 21.4. The van der Waals surface area contributed by atoms with E-state index in [0.717, 1.165) is 9.35 Å². The molecular formula is C22H25BrN4O6S. The molecule has 4 N–H and O–H groups in total. The third-order valence-electron chi connectivity index (χ3n) is 4.72. The summed E-state index contributed by atoms with van der Waals surface area (Å²) >= 11 is 4.92. The van der Waals surface area contributed by atoms with Gasteiger partial charge in [0.2, 0.25) is 0 Å². The first kappa shape index (κ1) is 25.5. The minimum absolute atomic E-state index is 0.0983. The number of rotatable bonds is 10. The molecule has 2 aromatic rings. The minimum Gasteiger partial charge on any atom is -0.490 e. The molecule has 1 aliphatic rings. The zero-order chi connectivity index (χ0) is 24.7. The fraction of sp³-hybridized carbons (Fsp3) is 0.318. The van der Waals surface area contributed by atoms with E-state index in [4.69, 9.17) is 14.2 Å². The normalized spacial score (nSPS) is 16.6. The molecule has 0 aliphatic carbocycles. The van der Waals surface area contributed by atoms with E-state index in [0.29, 0.717) is 29.4 Å². The molecule has 10 nitrogen and oxygen atoms in total. The van der Waals surface area contributed by atoms with E-state index in [9.17, 15) is 14.7 Å². The summed E-state index contributed by atoms with van der Waals surface area (Å²) in [5.41, 5.74) is 3.90. The number of aliphatic hydroxyl groups is 1. The van der Waals surface area contributed by atoms with E-state index in [2.05, 4.69) is 37.1 Å². The van der Waals surface area contributed by atoms with Gasteiger partial charge in [-0.1, -0.05) is 6.07 Å². The number of urea groups is 1. The fourth-order valence-corrected chi connectivity index (χ4v) is 4.54. The Hall–Kier alpha value is -3.09. The monoisotopic (exact) mass is 552 g/mol. The number of benzene rings is 1. The first-order chi connectivity index (χ1) is 16.3. The van der Waals surface area contributed by atoms with Gasteiger partial charge in [-0.05, 0) is 58.9 Å². The van der Waals surface area contributed by atoms with Crippen molar-refractivity contribution in [1.29, 1.82) is 0 Å². The van der Waals surface area contributed by atoms with Crippen molar-refractivity contribution in [2.75, 3.05) is 20.3 Å². The maximum Gasteiger partial charge on any atom is 0.337 e. The molecule has 2 heterocycles. The number of allylic oxidation sites excluding steroid dienone is 1. The van der Waals surface area contributed by atoms with E-state index >= 15 is 0 Å². The third kappa shape index (κ3) is 6.27. The highest BCUT2D eigenvalue weighted by molar-refractivity contribution is 9.10. The summed E-state index contributed by atoms with van der Waals surface area (Å²) in [6.07, 6.45) is 0.532. The van der Waals surface area contributed by atoms with Crippen molar-refractivity contribution >= 4 is 45.5 Å². The molecular weight excluding hydrogens is 528 g/mol. The van der Waals surface area contributed by atoms with Gasteiger partial charge in [0.1, 0.15) is 6.61 Å². The number of hydrazone groups is 1. The average molecular weight is 553 g/mol. The third-order valence-corrected chi connectivity index (χ3v) is 6.53. The van der Waals surface area contributed by atoms with Crippen molar-refractivity contribution in [3.05, 3.63) is 55.8 Å². The van der Waals surface area contributed by atoms with Gasteiger partial charge in [-0.25, -0.2) is 9.59 Å². The van der Waals surface area contributed by atoms with Crippen LogP contribution in [-0.4, -0.2) is 49.9 Å². The van der Waals surface area contributed by atoms with Crippen LogP contribution in [0.25, 0.3) is 0 Å². The predicted molar refractivity (Wildman–Crippen MR) is 131 cm³/mol. The number of aliphatic hydroxyl groups excluding tert-OH is 1. The Balaban J connectivity index is 1.73. The number of amides is 2. The zero-order valence-electron chi connectivity index (χ0n) is 18.8. The molecule has 3 rings (SSSR count). The average Bonchev–Trinajstić information content (AvgIpc) is 3.22. The van der Waals surface area contributed by atoms with Gasteiger partial charge in [0.05, 0.1) is 36.4 Å². The lowest BCUT2D eigenvalue weighted by atomic mass is 9.95. The Morgan fingerprint density at radius 1 is 1.35 bits per heavy atom. The summed E-state index contributed by atoms with van der Waals surface area (Å²) in [6.45, 7) is 3.71. The van der Waals surface area contributed by atoms with E-state index in [1.807, 2.05) is 18.4 Å². The number of ether oxygens (including phenoxy) is 3. The number of carbonyl (C=O) groups is 2. The Morgan fingerprint density at radius 3 is 2.82 bits per heavy atom. The second-order valence-electron chi connectivity index (χ2n) is 7.05. The molecule has 182 valence electrons. The number of halogens is 1. The summed E-state index contributed by atoms with van der Waals surface area (Å²) in [7, 11) is 1.28. The molecule has 0 spiro atoms. The quantitative estimate of drug-likeness (QED) is 0.154. The maximum atomic E-state index is 12.3. The van der Waals surface area contributed by atoms with Crippen molar-refractivity contribution in [1.82, 2.24) is 16.1 Å². The molecule has 0 bridgehead atoms. The second-order valence-corrected chi connectivity index (χ2v) is 8.85. The van der Waals surface area contributed by atoms with Gasteiger partial charge < -0.3 is 30.0 Å². The molecule has 2 amide bonds. The van der Waals surface area contributed by atoms with Crippen molar-refractivity contribution in [3.8, 4) is 11.5 Å². The van der Waals surface area contributed by atoms with Crippen LogP contribution in [0.2, 0.25) is 0 Å². The second kappa shape index (κ2) is 11.9. The van der Waals surface area contributed by atoms with Crippen LogP contribution < -0.4 is 25.5 Å². The summed E-state index contributed by atoms with van der Waals surface area (Å²) in [4.78, 5) is 25.3. The largest absolute Gasteiger partial charge is 0.490 e. The number of thiophene rings is 1. The van der Waals surface area contributed by atoms with Crippen molar-refractivity contribution in [3.63, 3.8) is 0 Å². The van der Waals surface area contributed by atoms with Crippen molar-refractivity contribution in [2.24, 2.45) is 5.10 Å². The Bertz CT molecular complexity index is 1100. The number of nitrogens with one attached hydrogen (secondary N) is 3. The van der Waals surface area contributed by atoms with Gasteiger partial charge >= 0.3 is 12.0 Å². The van der Waals surface area contributed by atoms with Gasteiger partial charge in [0.25, 0.3) is 0 Å². The van der Waals surface area contributed by atoms with E-state index < -0.39 is 24.3 Å². The highest BCUT2D eigenvalue weighted by Crippen LogP contribution is 2.34. The molecule has 34 heavy (non-hydrogen) atoms. The smallest absolute Gasteiger partial charge is 0.337 e. The van der Waals surface area contributed by atoms with Crippen molar-refractivity contribution < 1.29 is 28.9 Å². The summed E-state index contributed by atoms with van der Waals surface area (Å²) in [5.74, 6) is 0.225. The molecule has 0 saturated carbocycles. The van der Waals surface area contributed by atoms with E-state index in [1.54, 1.807) is 31.3 Å². The SMILES string of the molecule is CCOc1cc([C@H]2NC(=O)NC(C)=C2C(=O)OC)ccc1OC[C@H](O)N/N=C\c1sccc1Br. The fourth-order valence-electron chi connectivity index (χ4n) is 3.20. The predicted octanol–water partition coefficient (Wildman–Crippen LogP) is 3.03. The van der Waals surface area contributed by atoms with Gasteiger partial charge in [0, 0.05) is 10.2 Å². The van der Waals surface area contributed by atoms with Crippen molar-refractivity contribution in [2.45, 2.75) is 26.1 Å². The first-order valence-electron chi connectivity index (χ1n) is 10.3. The zero-order valence-corrected chi connectivity index (χ0v) is 21.2. The number of nitrogens with zero attached hydrogens (tertiary/aromatic N) is 1. The lowest BCUT2D eigenvalue weighted by Crippen LogP contribution is -2.45. The molecule has 0 radical (unpaired) electrons. The highest BCUT2D eigenvalue weighted by atomic mass is 79.9. The highest BCUT2D eigenvalue weighted by Gasteiger charge is 2.32. The van der Waals surface area contributed by atoms with Crippen LogP contribution >= 0.6 is 27.3 Å². The number of hydrogen-bond acceptors (Lipinski definition) is 9.